The highest BCUT2D eigenvalue weighted by molar-refractivity contribution is 6.28. The number of amidine groups is 1. The molecule has 0 unspecified atom stereocenters. The first-order valence-electron chi connectivity index (χ1n) is 50.8. The number of aryl methyl sites for hydroxylation is 1. The number of hydrogen-bond donors (Lipinski definition) is 4. The molecule has 4 aromatic heterocycles. The Bertz CT molecular complexity index is 6220. The van der Waals surface area contributed by atoms with Crippen LogP contribution >= 0.6 is 11.6 Å². The quantitative estimate of drug-likeness (QED) is 0.00405. The third kappa shape index (κ3) is 45.1. The molecule has 0 aliphatic carbocycles. The zero-order chi connectivity index (χ0) is 106. The molecule has 0 bridgehead atoms. The minimum absolute atomic E-state index is 0. The number of anilines is 3. The number of esters is 1. The summed E-state index contributed by atoms with van der Waals surface area (Å²) in [5.74, 6) is -0.340. The molecule has 15 rings (SSSR count). The maximum Gasteiger partial charge on any atom is 0.341 e. The van der Waals surface area contributed by atoms with Crippen LogP contribution < -0.4 is 31.5 Å². The van der Waals surface area contributed by atoms with E-state index in [0.717, 1.165) is 216 Å². The highest BCUT2D eigenvalue weighted by atomic mass is 35.5. The SMILES string of the molecule is C.CC(C)(C)OC(=O)CCCc1ccc(C#N)cc1.CCCC=O.CCCCN(CCc1ccc(C#N)cc1)c1nc2ccccc2o1.CCCCN(CCc1ccc(C(N)=NO)cc1)c1nc2ccccc2o1.CCCCN(CCc1ccc(C2=NOC(=O)C2)cc1)c1nc2ccccc2o1.CCCCNCCc1ccc(C#N)cc1.CCN(C(C)C)C(C)C.Clc1nc2ccccc2o1.N#Cc1ccc(CCN)cc1. The largest absolute Gasteiger partial charge is 0.460 e. The van der Waals surface area contributed by atoms with Gasteiger partial charge in [0.25, 0.3) is 23.4 Å². The van der Waals surface area contributed by atoms with E-state index in [9.17, 15) is 14.4 Å². The summed E-state index contributed by atoms with van der Waals surface area (Å²) < 4.78 is 28.1. The number of halogens is 1. The van der Waals surface area contributed by atoms with Crippen LogP contribution in [0.1, 0.15) is 248 Å². The first-order valence-corrected chi connectivity index (χ1v) is 51.2. The van der Waals surface area contributed by atoms with Crippen LogP contribution in [0.15, 0.2) is 271 Å². The van der Waals surface area contributed by atoms with Gasteiger partial charge in [0.1, 0.15) is 34.0 Å². The van der Waals surface area contributed by atoms with Gasteiger partial charge in [0.05, 0.1) is 58.7 Å². The van der Waals surface area contributed by atoms with Crippen LogP contribution in [0.25, 0.3) is 44.4 Å². The van der Waals surface area contributed by atoms with Crippen LogP contribution in [-0.4, -0.2) is 143 Å². The number of oxime groups is 2. The van der Waals surface area contributed by atoms with Crippen molar-refractivity contribution >= 4 is 104 Å². The number of nitrogens with two attached hydrogens (primary N) is 2. The van der Waals surface area contributed by atoms with E-state index in [-0.39, 0.29) is 37.0 Å². The molecular weight excluding hydrogens is 1860 g/mol. The van der Waals surface area contributed by atoms with Gasteiger partial charge in [-0.3, -0.25) is 9.69 Å². The Morgan fingerprint density at radius 1 is 0.476 bits per heavy atom. The van der Waals surface area contributed by atoms with E-state index in [0.29, 0.717) is 77.5 Å². The van der Waals surface area contributed by atoms with Crippen molar-refractivity contribution in [1.82, 2.24) is 30.2 Å². The van der Waals surface area contributed by atoms with Gasteiger partial charge in [0.15, 0.2) is 28.2 Å². The molecule has 1 aliphatic heterocycles. The molecule has 0 radical (unpaired) electrons. The monoisotopic (exact) mass is 2010 g/mol. The summed E-state index contributed by atoms with van der Waals surface area (Å²) in [5, 5.41) is 53.9. The summed E-state index contributed by atoms with van der Waals surface area (Å²) in [6, 6.07) is 89.2. The highest BCUT2D eigenvalue weighted by Crippen LogP contribution is 2.28. The highest BCUT2D eigenvalue weighted by Gasteiger charge is 2.22. The smallest absolute Gasteiger partial charge is 0.341 e. The second kappa shape index (κ2) is 68.5. The third-order valence-electron chi connectivity index (χ3n) is 22.9. The number of carbonyl (C=O) groups is 3. The van der Waals surface area contributed by atoms with E-state index in [1.165, 1.54) is 40.7 Å². The van der Waals surface area contributed by atoms with Gasteiger partial charge in [-0.25, -0.2) is 4.79 Å². The average molecular weight is 2010 g/mol. The molecule has 1 aliphatic rings. The van der Waals surface area contributed by atoms with Crippen molar-refractivity contribution in [3.8, 4) is 24.3 Å². The summed E-state index contributed by atoms with van der Waals surface area (Å²) in [4.78, 5) is 63.6. The molecule has 0 saturated carbocycles. The van der Waals surface area contributed by atoms with Crippen LogP contribution in [0.4, 0.5) is 18.0 Å². The number of benzene rings is 10. The molecule has 0 fully saturated rings. The predicted molar refractivity (Wildman–Crippen MR) is 594 cm³/mol. The summed E-state index contributed by atoms with van der Waals surface area (Å²) in [6.07, 6.45) is 18.6. The Labute approximate surface area is 874 Å². The van der Waals surface area contributed by atoms with Crippen molar-refractivity contribution in [2.75, 3.05) is 80.1 Å². The number of nitrogens with one attached hydrogen (secondary N) is 1. The van der Waals surface area contributed by atoms with Crippen LogP contribution in [0.2, 0.25) is 5.35 Å². The molecule has 0 spiro atoms. The zero-order valence-corrected chi connectivity index (χ0v) is 88.0. The molecule has 14 aromatic rings. The molecular formula is C119H150ClN17O10. The number of aromatic nitrogens is 4. The third-order valence-corrected chi connectivity index (χ3v) is 23.1. The van der Waals surface area contributed by atoms with E-state index >= 15 is 0 Å². The standard InChI is InChI=1S/C22H23N3O3.C20H24N4O2.C20H21N3O.C15H19NO2.C13H18N2.C9H10N2.C8H19N.C7H4ClNO.C4H8O.CH4/c1-2-3-13-25(22-23-18-6-4-5-7-20(18)27-22)14-12-16-8-10-17(11-9-16)19-15-21(26)28-24-19;1-2-3-13-24(20-22-17-6-4-5-7-18(17)26-20)14-12-15-8-10-16(11-9-15)19(21)23-25;1-2-3-13-23(14-12-16-8-10-17(15-21)11-9-16)20-22-18-6-4-5-7-19(18)24-20;1-15(2,3)18-14(17)6-4-5-12-7-9-13(11-16)10-8-12;1-2-3-9-15-10-8-12-4-6-13(11-14)7-5-12;10-6-5-8-1-3-9(7-11)4-2-8;1-6-9(7(2)3)8(4)5;8-7-9-5-3-1-2-4-6(5)10-7;1-2-3-4-5;/h4-11H,2-3,12-15H2,1H3;4-11,25H,2-3,12-14H2,1H3,(H2,21,23);4-11H,2-3,12-14H2,1H3;7-10H,4-6H2,1-3H3;4-7,15H,2-3,8-10H2,1H3;1-4H,5-6,10H2;7-8H,6H2,1-5H3;1-4H;4H,2-3H2,1H3;1H4. The number of hydrogen-bond acceptors (Lipinski definition) is 26. The Kier molecular flexibility index (Phi) is 56.3. The number of para-hydroxylation sites is 8. The van der Waals surface area contributed by atoms with Crippen molar-refractivity contribution in [2.24, 2.45) is 21.8 Å². The maximum absolute atomic E-state index is 11.5. The van der Waals surface area contributed by atoms with Gasteiger partial charge in [-0.15, -0.1) is 0 Å². The van der Waals surface area contributed by atoms with Crippen molar-refractivity contribution in [3.63, 3.8) is 0 Å². The molecule has 0 amide bonds. The molecule has 147 heavy (non-hydrogen) atoms. The predicted octanol–water partition coefficient (Wildman–Crippen LogP) is 25.6. The Hall–Kier alpha value is -14.8. The van der Waals surface area contributed by atoms with Crippen molar-refractivity contribution in [1.29, 1.82) is 21.0 Å². The number of aldehydes is 1. The lowest BCUT2D eigenvalue weighted by Crippen LogP contribution is -2.36. The van der Waals surface area contributed by atoms with Crippen LogP contribution in [0.5, 0.6) is 0 Å². The molecule has 28 heteroatoms. The molecule has 778 valence electrons. The molecule has 27 nitrogen and oxygen atoms in total. The second-order valence-electron chi connectivity index (χ2n) is 36.2. The Morgan fingerprint density at radius 3 is 1.14 bits per heavy atom. The number of fused-ring (bicyclic) bond motifs is 4. The number of unbranched alkanes of at least 4 members (excludes halogenated alkanes) is 5. The van der Waals surface area contributed by atoms with Gasteiger partial charge < -0.3 is 68.7 Å². The molecule has 0 saturated heterocycles. The lowest BCUT2D eigenvalue weighted by Gasteiger charge is -2.28. The van der Waals surface area contributed by atoms with Gasteiger partial charge in [0, 0.05) is 69.8 Å². The van der Waals surface area contributed by atoms with E-state index in [1.54, 1.807) is 12.1 Å². The lowest BCUT2D eigenvalue weighted by molar-refractivity contribution is -0.155. The van der Waals surface area contributed by atoms with Gasteiger partial charge in [-0.05, 0) is 299 Å². The first kappa shape index (κ1) is 121. The molecule has 0 atom stereocenters. The number of oxazole rings is 4. The Balaban J connectivity index is 0.000000261. The molecule has 6 N–H and O–H groups in total. The van der Waals surface area contributed by atoms with Gasteiger partial charge in [0.2, 0.25) is 0 Å². The molecule has 10 aromatic carbocycles. The minimum atomic E-state index is -0.411. The Morgan fingerprint density at radius 2 is 0.830 bits per heavy atom. The lowest BCUT2D eigenvalue weighted by atomic mass is 10.0. The fourth-order valence-electron chi connectivity index (χ4n) is 14.9. The van der Waals surface area contributed by atoms with Crippen LogP contribution in [-0.2, 0) is 62.5 Å². The van der Waals surface area contributed by atoms with Gasteiger partial charge in [-0.2, -0.15) is 41.0 Å². The summed E-state index contributed by atoms with van der Waals surface area (Å²) in [6.45, 7) is 36.7. The number of ether oxygens (including phenoxy) is 1. The minimum Gasteiger partial charge on any atom is -0.460 e. The second-order valence-corrected chi connectivity index (χ2v) is 36.5. The maximum atomic E-state index is 11.5. The van der Waals surface area contributed by atoms with Crippen molar-refractivity contribution in [3.05, 3.63) is 315 Å². The fraction of sp³-hybridized carbons (Fsp3) is 0.387. The van der Waals surface area contributed by atoms with E-state index < -0.39 is 5.60 Å². The van der Waals surface area contributed by atoms with Crippen LogP contribution in [0.3, 0.4) is 0 Å². The van der Waals surface area contributed by atoms with E-state index in [4.69, 9.17) is 71.7 Å². The molecule has 5 heterocycles. The fourth-order valence-corrected chi connectivity index (χ4v) is 15.1. The van der Waals surface area contributed by atoms with Gasteiger partial charge >= 0.3 is 11.9 Å². The van der Waals surface area contributed by atoms with E-state index in [2.05, 4.69) is 159 Å². The van der Waals surface area contributed by atoms with E-state index in [1.807, 2.05) is 246 Å². The summed E-state index contributed by atoms with van der Waals surface area (Å²) >= 11 is 5.51. The topological polar surface area (TPSA) is 391 Å². The van der Waals surface area contributed by atoms with Gasteiger partial charge in [-0.1, -0.05) is 231 Å². The number of carbonyl (C=O) groups excluding carboxylic acids is 3. The van der Waals surface area contributed by atoms with Crippen molar-refractivity contribution < 1.29 is 46.8 Å². The summed E-state index contributed by atoms with van der Waals surface area (Å²) in [7, 11) is 0. The summed E-state index contributed by atoms with van der Waals surface area (Å²) in [5.41, 5.74) is 29.5. The van der Waals surface area contributed by atoms with Crippen molar-refractivity contribution in [2.45, 2.75) is 237 Å². The first-order chi connectivity index (χ1) is 70.7. The number of nitriles is 4. The normalized spacial score (nSPS) is 11.1. The number of rotatable bonds is 40. The average Bonchev–Trinajstić information content (AvgIpc) is 1.61. The van der Waals surface area contributed by atoms with Crippen LogP contribution in [0, 0.1) is 45.3 Å². The zero-order valence-electron chi connectivity index (χ0n) is 87.2. The number of nitrogens with zero attached hydrogens (tertiary/aromatic N) is 14.